The molecule has 0 atom stereocenters. The molecule has 0 bridgehead atoms. The Kier molecular flexibility index (Phi) is 12.0. The van der Waals surface area contributed by atoms with Crippen LogP contribution in [0.2, 0.25) is 0 Å². The third-order valence-corrected chi connectivity index (χ3v) is 10.6. The highest BCUT2D eigenvalue weighted by Crippen LogP contribution is 2.56. The van der Waals surface area contributed by atoms with Crippen molar-refractivity contribution in [2.24, 2.45) is 0 Å². The minimum absolute atomic E-state index is 0.0703. The summed E-state index contributed by atoms with van der Waals surface area (Å²) >= 11 is 3.66. The van der Waals surface area contributed by atoms with Crippen molar-refractivity contribution < 1.29 is 0 Å². The van der Waals surface area contributed by atoms with Crippen LogP contribution in [0.1, 0.15) is 126 Å². The van der Waals surface area contributed by atoms with Gasteiger partial charge < -0.3 is 4.90 Å². The summed E-state index contributed by atoms with van der Waals surface area (Å²) in [5.41, 5.74) is 12.4. The van der Waals surface area contributed by atoms with Crippen LogP contribution in [0.15, 0.2) is 89.4 Å². The molecule has 1 aliphatic carbocycles. The van der Waals surface area contributed by atoms with Gasteiger partial charge >= 0.3 is 0 Å². The molecule has 0 saturated carbocycles. The maximum absolute atomic E-state index is 3.66. The zero-order valence-corrected chi connectivity index (χ0v) is 29.9. The van der Waals surface area contributed by atoms with Crippen molar-refractivity contribution >= 4 is 33.0 Å². The first-order valence-corrected chi connectivity index (χ1v) is 18.6. The van der Waals surface area contributed by atoms with Gasteiger partial charge in [0.2, 0.25) is 0 Å². The molecular formula is C43H54BrN. The van der Waals surface area contributed by atoms with Gasteiger partial charge in [-0.3, -0.25) is 0 Å². The normalized spacial score (nSPS) is 13.1. The van der Waals surface area contributed by atoms with Crippen molar-refractivity contribution in [1.82, 2.24) is 0 Å². The molecule has 0 amide bonds. The summed E-state index contributed by atoms with van der Waals surface area (Å²) in [6, 6.07) is 32.4. The van der Waals surface area contributed by atoms with Gasteiger partial charge in [0.25, 0.3) is 0 Å². The molecule has 1 nitrogen and oxygen atoms in total. The van der Waals surface area contributed by atoms with Crippen molar-refractivity contribution in [1.29, 1.82) is 0 Å². The summed E-state index contributed by atoms with van der Waals surface area (Å²) < 4.78 is 1.10. The number of aryl methyl sites for hydroxylation is 2. The van der Waals surface area contributed by atoms with Gasteiger partial charge in [0.1, 0.15) is 0 Å². The first-order chi connectivity index (χ1) is 22.0. The van der Waals surface area contributed by atoms with Gasteiger partial charge in [0.05, 0.1) is 0 Å². The van der Waals surface area contributed by atoms with Crippen LogP contribution in [-0.4, -0.2) is 0 Å². The van der Waals surface area contributed by atoms with Gasteiger partial charge in [-0.25, -0.2) is 0 Å². The van der Waals surface area contributed by atoms with Crippen LogP contribution >= 0.6 is 15.9 Å². The molecule has 4 aromatic rings. The largest absolute Gasteiger partial charge is 0.310 e. The molecule has 5 rings (SSSR count). The highest BCUT2D eigenvalue weighted by atomic mass is 79.9. The number of rotatable bonds is 17. The zero-order valence-electron chi connectivity index (χ0n) is 28.3. The molecule has 1 aliphatic rings. The lowest BCUT2D eigenvalue weighted by atomic mass is 9.70. The van der Waals surface area contributed by atoms with E-state index in [4.69, 9.17) is 0 Å². The lowest BCUT2D eigenvalue weighted by Crippen LogP contribution is -2.26. The smallest absolute Gasteiger partial charge is 0.0465 e. The molecule has 4 aromatic carbocycles. The molecule has 0 heterocycles. The van der Waals surface area contributed by atoms with Crippen LogP contribution < -0.4 is 4.90 Å². The quantitative estimate of drug-likeness (QED) is 0.102. The average molecular weight is 665 g/mol. The van der Waals surface area contributed by atoms with Crippen molar-refractivity contribution in [3.8, 4) is 11.1 Å². The summed E-state index contributed by atoms with van der Waals surface area (Å²) in [5.74, 6) is 0. The average Bonchev–Trinajstić information content (AvgIpc) is 3.30. The molecule has 0 fully saturated rings. The fourth-order valence-electron chi connectivity index (χ4n) is 7.55. The predicted octanol–water partition coefficient (Wildman–Crippen LogP) is 14.3. The molecule has 0 N–H and O–H groups in total. The minimum Gasteiger partial charge on any atom is -0.310 e. The van der Waals surface area contributed by atoms with Crippen LogP contribution in [-0.2, 0) is 5.41 Å². The minimum atomic E-state index is 0.0703. The van der Waals surface area contributed by atoms with E-state index in [0.717, 1.165) is 4.47 Å². The molecule has 0 aromatic heterocycles. The number of unbranched alkanes of at least 4 members (excludes halogenated alkanes) is 10. The number of fused-ring (bicyclic) bond motifs is 3. The third-order valence-electron chi connectivity index (χ3n) is 10.0. The Morgan fingerprint density at radius 1 is 0.489 bits per heavy atom. The summed E-state index contributed by atoms with van der Waals surface area (Å²) in [4.78, 5) is 2.45. The van der Waals surface area contributed by atoms with Crippen molar-refractivity contribution in [2.75, 3.05) is 4.90 Å². The molecule has 0 spiro atoms. The van der Waals surface area contributed by atoms with Crippen LogP contribution in [0.5, 0.6) is 0 Å². The molecule has 0 saturated heterocycles. The van der Waals surface area contributed by atoms with E-state index in [-0.39, 0.29) is 5.41 Å². The van der Waals surface area contributed by atoms with Gasteiger partial charge in [0, 0.05) is 26.9 Å². The van der Waals surface area contributed by atoms with E-state index in [0.29, 0.717) is 0 Å². The zero-order chi connectivity index (χ0) is 31.6. The summed E-state index contributed by atoms with van der Waals surface area (Å²) in [7, 11) is 0. The number of hydrogen-bond acceptors (Lipinski definition) is 1. The van der Waals surface area contributed by atoms with E-state index in [9.17, 15) is 0 Å². The van der Waals surface area contributed by atoms with Crippen LogP contribution in [0.4, 0.5) is 17.1 Å². The Hall–Kier alpha value is -2.84. The van der Waals surface area contributed by atoms with Crippen LogP contribution in [0, 0.1) is 13.8 Å². The summed E-state index contributed by atoms with van der Waals surface area (Å²) in [6.07, 6.45) is 18.5. The summed E-state index contributed by atoms with van der Waals surface area (Å²) in [6.45, 7) is 9.08. The monoisotopic (exact) mass is 663 g/mol. The fraction of sp³-hybridized carbons (Fsp3) is 0.442. The third kappa shape index (κ3) is 7.94. The number of hydrogen-bond donors (Lipinski definition) is 0. The molecule has 0 unspecified atom stereocenters. The molecule has 0 radical (unpaired) electrons. The van der Waals surface area contributed by atoms with Crippen LogP contribution in [0.3, 0.4) is 0 Å². The van der Waals surface area contributed by atoms with Gasteiger partial charge in [-0.05, 0) is 97.5 Å². The van der Waals surface area contributed by atoms with E-state index in [2.05, 4.69) is 133 Å². The fourth-order valence-corrected chi connectivity index (χ4v) is 7.81. The van der Waals surface area contributed by atoms with Crippen LogP contribution in [0.25, 0.3) is 11.1 Å². The van der Waals surface area contributed by atoms with E-state index >= 15 is 0 Å². The molecule has 0 aliphatic heterocycles. The van der Waals surface area contributed by atoms with Gasteiger partial charge in [-0.1, -0.05) is 154 Å². The number of benzene rings is 4. The van der Waals surface area contributed by atoms with Crippen molar-refractivity contribution in [3.63, 3.8) is 0 Å². The maximum atomic E-state index is 3.66. The predicted molar refractivity (Wildman–Crippen MR) is 201 cm³/mol. The molecular weight excluding hydrogens is 610 g/mol. The lowest BCUT2D eigenvalue weighted by Gasteiger charge is -2.34. The van der Waals surface area contributed by atoms with Crippen molar-refractivity contribution in [2.45, 2.75) is 123 Å². The Balaban J connectivity index is 1.58. The van der Waals surface area contributed by atoms with Crippen molar-refractivity contribution in [3.05, 3.63) is 112 Å². The standard InChI is InChI=1S/C43H54BrN/c1-5-7-9-11-13-15-29-43(30-16-14-12-10-8-6-2)41-31-34(4)19-27-39(41)40-28-26-38(32-42(40)43)45(36-22-17-33(3)18-23-36)37-24-20-35(44)21-25-37/h17-28,31-32H,5-16,29-30H2,1-4H3. The Morgan fingerprint density at radius 2 is 0.933 bits per heavy atom. The first kappa shape index (κ1) is 33.5. The van der Waals surface area contributed by atoms with E-state index in [1.165, 1.54) is 129 Å². The highest BCUT2D eigenvalue weighted by molar-refractivity contribution is 9.10. The lowest BCUT2D eigenvalue weighted by molar-refractivity contribution is 0.398. The Bertz CT molecular complexity index is 1440. The second kappa shape index (κ2) is 16.1. The van der Waals surface area contributed by atoms with Gasteiger partial charge in [0.15, 0.2) is 0 Å². The molecule has 238 valence electrons. The Morgan fingerprint density at radius 3 is 1.51 bits per heavy atom. The number of nitrogens with zero attached hydrogens (tertiary/aromatic N) is 1. The second-order valence-corrected chi connectivity index (χ2v) is 14.5. The van der Waals surface area contributed by atoms with E-state index in [1.807, 2.05) is 0 Å². The van der Waals surface area contributed by atoms with Gasteiger partial charge in [-0.2, -0.15) is 0 Å². The summed E-state index contributed by atoms with van der Waals surface area (Å²) in [5, 5.41) is 0. The van der Waals surface area contributed by atoms with E-state index in [1.54, 1.807) is 11.1 Å². The highest BCUT2D eigenvalue weighted by Gasteiger charge is 2.42. The first-order valence-electron chi connectivity index (χ1n) is 17.8. The molecule has 2 heteroatoms. The van der Waals surface area contributed by atoms with E-state index < -0.39 is 0 Å². The molecule has 45 heavy (non-hydrogen) atoms. The maximum Gasteiger partial charge on any atom is 0.0465 e. The topological polar surface area (TPSA) is 3.24 Å². The SMILES string of the molecule is CCCCCCCCC1(CCCCCCCC)c2cc(C)ccc2-c2ccc(N(c3ccc(C)cc3)c3ccc(Br)cc3)cc21. The van der Waals surface area contributed by atoms with Gasteiger partial charge in [-0.15, -0.1) is 0 Å². The Labute approximate surface area is 282 Å². The number of anilines is 3. The number of halogens is 1. The second-order valence-electron chi connectivity index (χ2n) is 13.5.